The number of thiophene rings is 1. The third kappa shape index (κ3) is 5.70. The summed E-state index contributed by atoms with van der Waals surface area (Å²) >= 11 is 1.51. The first-order valence-corrected chi connectivity index (χ1v) is 9.12. The maximum absolute atomic E-state index is 12.2. The Morgan fingerprint density at radius 2 is 1.81 bits per heavy atom. The summed E-state index contributed by atoms with van der Waals surface area (Å²) in [6.07, 6.45) is 0.178. The molecule has 1 aromatic carbocycles. The zero-order chi connectivity index (χ0) is 19.1. The second-order valence-electron chi connectivity index (χ2n) is 6.15. The van der Waals surface area contributed by atoms with E-state index in [1.54, 1.807) is 26.2 Å². The van der Waals surface area contributed by atoms with Crippen molar-refractivity contribution < 1.29 is 14.4 Å². The molecular formula is C19H23N3O3S. The van der Waals surface area contributed by atoms with E-state index >= 15 is 0 Å². The molecule has 0 fully saturated rings. The molecule has 3 amide bonds. The van der Waals surface area contributed by atoms with Crippen LogP contribution in [0.2, 0.25) is 0 Å². The minimum atomic E-state index is -0.326. The number of rotatable bonds is 7. The molecule has 2 rings (SSSR count). The van der Waals surface area contributed by atoms with E-state index in [1.807, 2.05) is 29.6 Å². The van der Waals surface area contributed by atoms with Gasteiger partial charge in [0.15, 0.2) is 0 Å². The van der Waals surface area contributed by atoms with Crippen LogP contribution in [0.15, 0.2) is 41.8 Å². The molecule has 0 aliphatic heterocycles. The highest BCUT2D eigenvalue weighted by molar-refractivity contribution is 7.10. The number of nitrogens with one attached hydrogen (secondary N) is 2. The minimum absolute atomic E-state index is 0.0605. The van der Waals surface area contributed by atoms with Crippen molar-refractivity contribution in [2.75, 3.05) is 14.1 Å². The molecule has 6 nitrogen and oxygen atoms in total. The topological polar surface area (TPSA) is 78.5 Å². The molecule has 0 radical (unpaired) electrons. The molecule has 138 valence electrons. The average molecular weight is 373 g/mol. The van der Waals surface area contributed by atoms with Crippen LogP contribution in [0, 0.1) is 0 Å². The number of hydrogen-bond donors (Lipinski definition) is 2. The maximum Gasteiger partial charge on any atom is 0.253 e. The van der Waals surface area contributed by atoms with Gasteiger partial charge >= 0.3 is 0 Å². The maximum atomic E-state index is 12.2. The van der Waals surface area contributed by atoms with E-state index in [-0.39, 0.29) is 30.2 Å². The summed E-state index contributed by atoms with van der Waals surface area (Å²) in [6, 6.07) is 10.6. The van der Waals surface area contributed by atoms with Gasteiger partial charge in [0.25, 0.3) is 5.91 Å². The van der Waals surface area contributed by atoms with Gasteiger partial charge in [-0.25, -0.2) is 0 Å². The van der Waals surface area contributed by atoms with Gasteiger partial charge in [0.1, 0.15) is 0 Å². The van der Waals surface area contributed by atoms with Crippen molar-refractivity contribution in [1.29, 1.82) is 0 Å². The van der Waals surface area contributed by atoms with E-state index in [4.69, 9.17) is 0 Å². The molecule has 0 saturated carbocycles. The van der Waals surface area contributed by atoms with Crippen molar-refractivity contribution in [1.82, 2.24) is 15.5 Å². The van der Waals surface area contributed by atoms with Crippen LogP contribution in [0.1, 0.15) is 40.2 Å². The molecule has 26 heavy (non-hydrogen) atoms. The van der Waals surface area contributed by atoms with Crippen LogP contribution >= 0.6 is 11.3 Å². The normalized spacial score (nSPS) is 11.5. The lowest BCUT2D eigenvalue weighted by atomic mass is 10.1. The molecule has 1 atom stereocenters. The van der Waals surface area contributed by atoms with E-state index in [0.717, 1.165) is 10.4 Å². The summed E-state index contributed by atoms with van der Waals surface area (Å²) in [5.41, 5.74) is 1.51. The molecule has 2 aromatic rings. The second-order valence-corrected chi connectivity index (χ2v) is 7.13. The zero-order valence-corrected chi connectivity index (χ0v) is 15.9. The van der Waals surface area contributed by atoms with Crippen LogP contribution in [-0.4, -0.2) is 36.7 Å². The molecule has 1 heterocycles. The van der Waals surface area contributed by atoms with E-state index in [9.17, 15) is 14.4 Å². The molecule has 1 unspecified atom stereocenters. The first-order valence-electron chi connectivity index (χ1n) is 8.24. The molecule has 0 bridgehead atoms. The number of amides is 3. The van der Waals surface area contributed by atoms with Gasteiger partial charge in [0.2, 0.25) is 11.8 Å². The van der Waals surface area contributed by atoms with Gasteiger partial charge in [-0.1, -0.05) is 18.2 Å². The average Bonchev–Trinajstić information content (AvgIpc) is 3.13. The quantitative estimate of drug-likeness (QED) is 0.782. The third-order valence-electron chi connectivity index (χ3n) is 3.75. The van der Waals surface area contributed by atoms with Gasteiger partial charge in [0.05, 0.1) is 12.5 Å². The van der Waals surface area contributed by atoms with Crippen molar-refractivity contribution in [3.63, 3.8) is 0 Å². The molecule has 7 heteroatoms. The van der Waals surface area contributed by atoms with Gasteiger partial charge in [-0.15, -0.1) is 11.3 Å². The van der Waals surface area contributed by atoms with Crippen LogP contribution < -0.4 is 10.6 Å². The standard InChI is InChI=1S/C19H23N3O3S/c1-13(23)21-16(17-5-4-10-26-17)11-18(24)20-12-14-6-8-15(9-7-14)19(25)22(2)3/h4-10,16H,11-12H2,1-3H3,(H,20,24)(H,21,23). The van der Waals surface area contributed by atoms with E-state index in [0.29, 0.717) is 12.1 Å². The zero-order valence-electron chi connectivity index (χ0n) is 15.1. The Morgan fingerprint density at radius 1 is 1.12 bits per heavy atom. The lowest BCUT2D eigenvalue weighted by molar-refractivity contribution is -0.122. The van der Waals surface area contributed by atoms with Gasteiger partial charge < -0.3 is 15.5 Å². The van der Waals surface area contributed by atoms with Gasteiger partial charge in [-0.2, -0.15) is 0 Å². The van der Waals surface area contributed by atoms with Crippen molar-refractivity contribution in [2.45, 2.75) is 25.9 Å². The van der Waals surface area contributed by atoms with Gasteiger partial charge in [0, 0.05) is 38.0 Å². The summed E-state index contributed by atoms with van der Waals surface area (Å²) in [4.78, 5) is 38.0. The van der Waals surface area contributed by atoms with Crippen molar-refractivity contribution in [3.05, 3.63) is 57.8 Å². The fraction of sp³-hybridized carbons (Fsp3) is 0.316. The Labute approximate surface area is 157 Å². The largest absolute Gasteiger partial charge is 0.352 e. The van der Waals surface area contributed by atoms with Crippen LogP contribution in [0.3, 0.4) is 0 Å². The van der Waals surface area contributed by atoms with Gasteiger partial charge in [-0.05, 0) is 29.1 Å². The highest BCUT2D eigenvalue weighted by Gasteiger charge is 2.18. The molecular weight excluding hydrogens is 350 g/mol. The number of carbonyl (C=O) groups excluding carboxylic acids is 3. The fourth-order valence-electron chi connectivity index (χ4n) is 2.44. The Balaban J connectivity index is 1.91. The molecule has 0 aliphatic carbocycles. The second kappa shape index (κ2) is 9.15. The van der Waals surface area contributed by atoms with E-state index < -0.39 is 0 Å². The Kier molecular flexibility index (Phi) is 6.91. The van der Waals surface area contributed by atoms with Crippen molar-refractivity contribution >= 4 is 29.1 Å². The summed E-state index contributed by atoms with van der Waals surface area (Å²) < 4.78 is 0. The summed E-state index contributed by atoms with van der Waals surface area (Å²) in [5, 5.41) is 7.58. The number of benzene rings is 1. The monoisotopic (exact) mass is 373 g/mol. The predicted octanol–water partition coefficient (Wildman–Crippen LogP) is 2.33. The smallest absolute Gasteiger partial charge is 0.253 e. The van der Waals surface area contributed by atoms with Crippen LogP contribution in [0.4, 0.5) is 0 Å². The summed E-state index contributed by atoms with van der Waals surface area (Å²) in [7, 11) is 3.41. The van der Waals surface area contributed by atoms with E-state index in [1.165, 1.54) is 23.2 Å². The first-order chi connectivity index (χ1) is 12.4. The highest BCUT2D eigenvalue weighted by Crippen LogP contribution is 2.22. The van der Waals surface area contributed by atoms with Crippen molar-refractivity contribution in [3.8, 4) is 0 Å². The first kappa shape index (κ1) is 19.7. The highest BCUT2D eigenvalue weighted by atomic mass is 32.1. The number of hydrogen-bond acceptors (Lipinski definition) is 4. The van der Waals surface area contributed by atoms with E-state index in [2.05, 4.69) is 10.6 Å². The Bertz CT molecular complexity index is 755. The summed E-state index contributed by atoms with van der Waals surface area (Å²) in [6.45, 7) is 1.81. The van der Waals surface area contributed by atoms with Crippen LogP contribution in [0.5, 0.6) is 0 Å². The third-order valence-corrected chi connectivity index (χ3v) is 4.74. The number of nitrogens with zero attached hydrogens (tertiary/aromatic N) is 1. The lowest BCUT2D eigenvalue weighted by Crippen LogP contribution is -2.32. The predicted molar refractivity (Wildman–Crippen MR) is 102 cm³/mol. The Hall–Kier alpha value is -2.67. The molecule has 2 N–H and O–H groups in total. The van der Waals surface area contributed by atoms with Gasteiger partial charge in [-0.3, -0.25) is 14.4 Å². The van der Waals surface area contributed by atoms with Crippen LogP contribution in [-0.2, 0) is 16.1 Å². The molecule has 0 spiro atoms. The fourth-order valence-corrected chi connectivity index (χ4v) is 3.22. The Morgan fingerprint density at radius 3 is 2.35 bits per heavy atom. The SMILES string of the molecule is CC(=O)NC(CC(=O)NCc1ccc(C(=O)N(C)C)cc1)c1cccs1. The molecule has 0 saturated heterocycles. The molecule has 0 aliphatic rings. The molecule has 1 aromatic heterocycles. The lowest BCUT2D eigenvalue weighted by Gasteiger charge is -2.16. The minimum Gasteiger partial charge on any atom is -0.352 e. The number of carbonyl (C=O) groups is 3. The van der Waals surface area contributed by atoms with Crippen LogP contribution in [0.25, 0.3) is 0 Å². The summed E-state index contributed by atoms with van der Waals surface area (Å²) in [5.74, 6) is -0.377. The van der Waals surface area contributed by atoms with Crippen molar-refractivity contribution in [2.24, 2.45) is 0 Å².